The highest BCUT2D eigenvalue weighted by molar-refractivity contribution is 6.27. The van der Waals surface area contributed by atoms with E-state index in [2.05, 4.69) is 24.3 Å². The molecule has 3 atom stereocenters. The first-order valence-corrected chi connectivity index (χ1v) is 8.74. The smallest absolute Gasteiger partial charge is 0.158 e. The fraction of sp³-hybridized carbons (Fsp3) is 0.318. The van der Waals surface area contributed by atoms with Crippen molar-refractivity contribution in [2.24, 2.45) is 17.3 Å². The van der Waals surface area contributed by atoms with Crippen LogP contribution in [0.2, 0.25) is 0 Å². The van der Waals surface area contributed by atoms with Gasteiger partial charge < -0.3 is 0 Å². The van der Waals surface area contributed by atoms with E-state index >= 15 is 0 Å². The normalized spacial score (nSPS) is 34.5. The Morgan fingerprint density at radius 2 is 1.36 bits per heavy atom. The van der Waals surface area contributed by atoms with E-state index in [4.69, 9.17) is 0 Å². The van der Waals surface area contributed by atoms with Gasteiger partial charge in [-0.15, -0.1) is 0 Å². The number of benzene rings is 2. The zero-order valence-electron chi connectivity index (χ0n) is 14.2. The molecule has 124 valence electrons. The van der Waals surface area contributed by atoms with Crippen molar-refractivity contribution in [1.82, 2.24) is 0 Å². The minimum Gasteiger partial charge on any atom is -0.299 e. The number of Topliss-reactive ketones (excluding diaryl/α,β-unsaturated/α-hetero) is 3. The maximum atomic E-state index is 13.3. The van der Waals surface area contributed by atoms with Gasteiger partial charge in [0.1, 0.15) is 11.7 Å². The summed E-state index contributed by atoms with van der Waals surface area (Å²) in [6.07, 6.45) is 0. The highest BCUT2D eigenvalue weighted by Crippen LogP contribution is 2.67. The number of rotatable bonds is 1. The Hall–Kier alpha value is -2.55. The number of carbonyl (C=O) groups is 3. The third-order valence-electron chi connectivity index (χ3n) is 6.65. The largest absolute Gasteiger partial charge is 0.299 e. The highest BCUT2D eigenvalue weighted by atomic mass is 16.2. The Balaban J connectivity index is 1.87. The van der Waals surface area contributed by atoms with Crippen molar-refractivity contribution in [3.63, 3.8) is 0 Å². The average Bonchev–Trinajstić information content (AvgIpc) is 2.81. The summed E-state index contributed by atoms with van der Waals surface area (Å²) < 4.78 is 0. The van der Waals surface area contributed by atoms with Crippen LogP contribution in [0.1, 0.15) is 47.9 Å². The molecule has 4 aliphatic carbocycles. The van der Waals surface area contributed by atoms with Gasteiger partial charge in [-0.1, -0.05) is 55.5 Å². The van der Waals surface area contributed by atoms with E-state index in [1.165, 1.54) is 6.92 Å². The summed E-state index contributed by atoms with van der Waals surface area (Å²) in [5.74, 6) is -2.52. The van der Waals surface area contributed by atoms with Crippen LogP contribution in [0.3, 0.4) is 0 Å². The molecule has 2 aromatic carbocycles. The van der Waals surface area contributed by atoms with Gasteiger partial charge in [-0.3, -0.25) is 14.4 Å². The third kappa shape index (κ3) is 1.50. The van der Waals surface area contributed by atoms with Crippen LogP contribution in [0.25, 0.3) is 0 Å². The van der Waals surface area contributed by atoms with Crippen molar-refractivity contribution in [1.29, 1.82) is 0 Å². The van der Waals surface area contributed by atoms with Crippen molar-refractivity contribution < 1.29 is 14.4 Å². The number of ketones is 3. The summed E-state index contributed by atoms with van der Waals surface area (Å²) in [5, 5.41) is 0. The summed E-state index contributed by atoms with van der Waals surface area (Å²) >= 11 is 0. The molecular weight excluding hydrogens is 312 g/mol. The molecule has 0 aromatic heterocycles. The first-order chi connectivity index (χ1) is 12.0. The van der Waals surface area contributed by atoms with Crippen molar-refractivity contribution in [2.75, 3.05) is 0 Å². The molecule has 0 amide bonds. The summed E-state index contributed by atoms with van der Waals surface area (Å²) in [7, 11) is 0. The minimum absolute atomic E-state index is 0.136. The molecule has 1 saturated carbocycles. The molecule has 2 aromatic rings. The van der Waals surface area contributed by atoms with Gasteiger partial charge in [-0.25, -0.2) is 0 Å². The van der Waals surface area contributed by atoms with E-state index in [1.54, 1.807) is 0 Å². The second kappa shape index (κ2) is 4.54. The summed E-state index contributed by atoms with van der Waals surface area (Å²) in [5.41, 5.74) is 3.71. The van der Waals surface area contributed by atoms with E-state index in [1.807, 2.05) is 31.2 Å². The van der Waals surface area contributed by atoms with Gasteiger partial charge in [0.25, 0.3) is 0 Å². The average molecular weight is 330 g/mol. The first-order valence-electron chi connectivity index (χ1n) is 8.74. The Labute approximate surface area is 146 Å². The molecule has 0 spiro atoms. The monoisotopic (exact) mass is 330 g/mol. The van der Waals surface area contributed by atoms with Gasteiger partial charge in [-0.2, -0.15) is 0 Å². The zero-order chi connectivity index (χ0) is 17.5. The Morgan fingerprint density at radius 1 is 0.880 bits per heavy atom. The van der Waals surface area contributed by atoms with Crippen LogP contribution in [0.15, 0.2) is 48.5 Å². The molecule has 0 unspecified atom stereocenters. The molecule has 0 saturated heterocycles. The van der Waals surface area contributed by atoms with Crippen LogP contribution in [-0.2, 0) is 14.4 Å². The van der Waals surface area contributed by atoms with Crippen LogP contribution in [0.4, 0.5) is 0 Å². The predicted molar refractivity (Wildman–Crippen MR) is 92.4 cm³/mol. The van der Waals surface area contributed by atoms with Crippen molar-refractivity contribution in [2.45, 2.75) is 25.7 Å². The van der Waals surface area contributed by atoms with Gasteiger partial charge >= 0.3 is 0 Å². The molecule has 1 fully saturated rings. The fourth-order valence-corrected chi connectivity index (χ4v) is 5.74. The first kappa shape index (κ1) is 14.8. The number of hydrogen-bond acceptors (Lipinski definition) is 3. The summed E-state index contributed by atoms with van der Waals surface area (Å²) in [4.78, 5) is 38.5. The van der Waals surface area contributed by atoms with Gasteiger partial charge in [-0.05, 0) is 29.2 Å². The van der Waals surface area contributed by atoms with E-state index in [-0.39, 0.29) is 29.2 Å². The lowest BCUT2D eigenvalue weighted by atomic mass is 9.48. The van der Waals surface area contributed by atoms with Crippen molar-refractivity contribution in [3.8, 4) is 0 Å². The minimum atomic E-state index is -1.09. The molecule has 0 heterocycles. The van der Waals surface area contributed by atoms with Crippen molar-refractivity contribution in [3.05, 3.63) is 70.8 Å². The third-order valence-corrected chi connectivity index (χ3v) is 6.65. The van der Waals surface area contributed by atoms with Crippen LogP contribution < -0.4 is 0 Å². The molecule has 3 heteroatoms. The van der Waals surface area contributed by atoms with E-state index < -0.39 is 17.3 Å². The quantitative estimate of drug-likeness (QED) is 0.754. The predicted octanol–water partition coefficient (Wildman–Crippen LogP) is 3.26. The summed E-state index contributed by atoms with van der Waals surface area (Å²) in [6, 6.07) is 16.2. The van der Waals surface area contributed by atoms with Gasteiger partial charge in [0.15, 0.2) is 11.6 Å². The van der Waals surface area contributed by atoms with Crippen LogP contribution in [-0.4, -0.2) is 17.3 Å². The van der Waals surface area contributed by atoms with Gasteiger partial charge in [0, 0.05) is 23.2 Å². The van der Waals surface area contributed by atoms with Crippen LogP contribution in [0, 0.1) is 17.3 Å². The van der Waals surface area contributed by atoms with E-state index in [0.717, 1.165) is 22.3 Å². The van der Waals surface area contributed by atoms with E-state index in [0.29, 0.717) is 0 Å². The lowest BCUT2D eigenvalue weighted by molar-refractivity contribution is -0.137. The van der Waals surface area contributed by atoms with Crippen LogP contribution >= 0.6 is 0 Å². The van der Waals surface area contributed by atoms with E-state index in [9.17, 15) is 14.4 Å². The molecule has 25 heavy (non-hydrogen) atoms. The Kier molecular flexibility index (Phi) is 2.68. The second-order valence-corrected chi connectivity index (χ2v) is 7.74. The fourth-order valence-electron chi connectivity index (χ4n) is 5.74. The molecule has 2 bridgehead atoms. The highest BCUT2D eigenvalue weighted by Gasteiger charge is 2.69. The van der Waals surface area contributed by atoms with Gasteiger partial charge in [0.05, 0.1) is 0 Å². The SMILES string of the molecule is CC(=O)[C@H]1C(=O)[C@@H]2C3c4ccccc4C(c4ccccc43)[C@]2(C)C1=O. The molecular formula is C22H18O3. The lowest BCUT2D eigenvalue weighted by Gasteiger charge is -2.52. The van der Waals surface area contributed by atoms with Crippen molar-refractivity contribution >= 4 is 17.3 Å². The summed E-state index contributed by atoms with van der Waals surface area (Å²) in [6.45, 7) is 3.27. The maximum absolute atomic E-state index is 13.3. The lowest BCUT2D eigenvalue weighted by Crippen LogP contribution is -2.49. The molecule has 0 aliphatic heterocycles. The van der Waals surface area contributed by atoms with Gasteiger partial charge in [0.2, 0.25) is 0 Å². The second-order valence-electron chi connectivity index (χ2n) is 7.74. The molecule has 3 nitrogen and oxygen atoms in total. The van der Waals surface area contributed by atoms with Crippen LogP contribution in [0.5, 0.6) is 0 Å². The topological polar surface area (TPSA) is 51.2 Å². The zero-order valence-corrected chi connectivity index (χ0v) is 14.2. The molecule has 0 radical (unpaired) electrons. The number of carbonyl (C=O) groups excluding carboxylic acids is 3. The maximum Gasteiger partial charge on any atom is 0.158 e. The molecule has 4 aliphatic rings. The standard InChI is InChI=1S/C22H18O3/c1-11(23)16-20(24)19-17-12-7-3-5-9-14(12)18(22(19,2)21(16)25)15-10-6-4-8-13(15)17/h3-10,16-19H,1-2H3/t16-,17?,18?,19-,22-/m0/s1. The Morgan fingerprint density at radius 3 is 1.84 bits per heavy atom. The molecule has 6 rings (SSSR count). The molecule has 0 N–H and O–H groups in total. The number of hydrogen-bond donors (Lipinski definition) is 0. The Bertz CT molecular complexity index is 925.